The van der Waals surface area contributed by atoms with Gasteiger partial charge < -0.3 is 14.8 Å². The van der Waals surface area contributed by atoms with Crippen molar-refractivity contribution in [3.05, 3.63) is 64.2 Å². The van der Waals surface area contributed by atoms with Crippen LogP contribution in [0.25, 0.3) is 22.5 Å². The summed E-state index contributed by atoms with van der Waals surface area (Å²) in [4.78, 5) is 26.8. The smallest absolute Gasteiger partial charge is 0.341 e. The highest BCUT2D eigenvalue weighted by molar-refractivity contribution is 7.99. The number of amides is 1. The van der Waals surface area contributed by atoms with Crippen molar-refractivity contribution < 1.29 is 19.1 Å². The Balaban J connectivity index is 1.51. The van der Waals surface area contributed by atoms with Gasteiger partial charge >= 0.3 is 5.97 Å². The number of rotatable bonds is 11. The van der Waals surface area contributed by atoms with E-state index in [9.17, 15) is 9.59 Å². The molecular weight excluding hydrogens is 529 g/mol. The summed E-state index contributed by atoms with van der Waals surface area (Å²) < 4.78 is 12.2. The van der Waals surface area contributed by atoms with Gasteiger partial charge in [-0.3, -0.25) is 9.36 Å². The summed E-state index contributed by atoms with van der Waals surface area (Å²) in [5.74, 6) is 0.759. The van der Waals surface area contributed by atoms with E-state index in [2.05, 4.69) is 40.5 Å². The van der Waals surface area contributed by atoms with Crippen LogP contribution in [0.1, 0.15) is 22.2 Å². The van der Waals surface area contributed by atoms with Gasteiger partial charge in [0.15, 0.2) is 11.0 Å². The molecule has 0 unspecified atom stereocenters. The number of anilines is 1. The number of thiophene rings is 2. The third kappa shape index (κ3) is 5.95. The maximum atomic E-state index is 12.9. The van der Waals surface area contributed by atoms with Gasteiger partial charge in [0.25, 0.3) is 0 Å². The van der Waals surface area contributed by atoms with Crippen LogP contribution in [0.2, 0.25) is 0 Å². The zero-order valence-corrected chi connectivity index (χ0v) is 23.1. The van der Waals surface area contributed by atoms with E-state index in [1.165, 1.54) is 35.1 Å². The molecule has 0 saturated heterocycles. The Morgan fingerprint density at radius 2 is 1.92 bits per heavy atom. The van der Waals surface area contributed by atoms with Gasteiger partial charge in [0, 0.05) is 33.3 Å². The van der Waals surface area contributed by atoms with Crippen LogP contribution in [-0.2, 0) is 22.5 Å². The van der Waals surface area contributed by atoms with Crippen molar-refractivity contribution in [1.29, 1.82) is 0 Å². The summed E-state index contributed by atoms with van der Waals surface area (Å²) in [5.41, 5.74) is 2.81. The second kappa shape index (κ2) is 12.2. The van der Waals surface area contributed by atoms with E-state index in [0.29, 0.717) is 33.6 Å². The molecule has 1 aromatic carbocycles. The molecule has 4 rings (SSSR count). The van der Waals surface area contributed by atoms with Crippen molar-refractivity contribution in [2.45, 2.75) is 25.0 Å². The van der Waals surface area contributed by atoms with Crippen molar-refractivity contribution in [3.8, 4) is 28.3 Å². The summed E-state index contributed by atoms with van der Waals surface area (Å²) in [6, 6.07) is 9.46. The molecule has 3 heterocycles. The Kier molecular flexibility index (Phi) is 8.80. The zero-order valence-electron chi connectivity index (χ0n) is 20.6. The van der Waals surface area contributed by atoms with E-state index in [0.717, 1.165) is 23.4 Å². The largest absolute Gasteiger partial charge is 0.497 e. The molecule has 8 nitrogen and oxygen atoms in total. The number of aromatic nitrogens is 3. The average Bonchev–Trinajstić information content (AvgIpc) is 3.66. The topological polar surface area (TPSA) is 95.3 Å². The number of carbonyl (C=O) groups is 2. The fraction of sp³-hybridized carbons (Fsp3) is 0.231. The molecule has 0 radical (unpaired) electrons. The number of aryl methyl sites for hydroxylation is 1. The van der Waals surface area contributed by atoms with Crippen LogP contribution in [0.15, 0.2) is 58.9 Å². The summed E-state index contributed by atoms with van der Waals surface area (Å²) in [6.07, 6.45) is 2.73. The molecule has 1 amide bonds. The lowest BCUT2D eigenvalue weighted by atomic mass is 10.0. The Labute approximate surface area is 227 Å². The molecule has 37 heavy (non-hydrogen) atoms. The van der Waals surface area contributed by atoms with Crippen molar-refractivity contribution in [2.24, 2.45) is 0 Å². The van der Waals surface area contributed by atoms with E-state index >= 15 is 0 Å². The van der Waals surface area contributed by atoms with Crippen LogP contribution in [0.5, 0.6) is 5.75 Å². The quantitative estimate of drug-likeness (QED) is 0.138. The van der Waals surface area contributed by atoms with Gasteiger partial charge in [0.2, 0.25) is 5.91 Å². The summed E-state index contributed by atoms with van der Waals surface area (Å²) in [7, 11) is 2.91. The third-order valence-electron chi connectivity index (χ3n) is 5.46. The van der Waals surface area contributed by atoms with Crippen LogP contribution in [0.3, 0.4) is 0 Å². The molecule has 192 valence electrons. The number of allylic oxidation sites excluding steroid dienone is 1. The molecule has 3 aromatic heterocycles. The SMILES string of the molecule is C=CCn1c(SCC(=O)Nc2scc(-c3ccc(OC)cc3)c2C(=O)OC)nnc1-c1csc(CC)c1. The van der Waals surface area contributed by atoms with Gasteiger partial charge in [-0.1, -0.05) is 36.9 Å². The molecule has 0 saturated carbocycles. The Bertz CT molecular complexity index is 1410. The minimum Gasteiger partial charge on any atom is -0.497 e. The van der Waals surface area contributed by atoms with Crippen molar-refractivity contribution in [3.63, 3.8) is 0 Å². The highest BCUT2D eigenvalue weighted by Gasteiger charge is 2.23. The Hall–Kier alpha value is -3.41. The first-order valence-corrected chi connectivity index (χ1v) is 14.1. The van der Waals surface area contributed by atoms with Crippen LogP contribution in [0.4, 0.5) is 5.00 Å². The number of esters is 1. The highest BCUT2D eigenvalue weighted by Crippen LogP contribution is 2.37. The number of benzene rings is 1. The third-order valence-corrected chi connectivity index (χ3v) is 8.40. The van der Waals surface area contributed by atoms with E-state index in [1.807, 2.05) is 34.2 Å². The van der Waals surface area contributed by atoms with E-state index in [1.54, 1.807) is 24.5 Å². The number of methoxy groups -OCH3 is 2. The van der Waals surface area contributed by atoms with Gasteiger partial charge in [-0.05, 0) is 30.2 Å². The molecular formula is C26H26N4O4S3. The van der Waals surface area contributed by atoms with E-state index in [4.69, 9.17) is 9.47 Å². The number of ether oxygens (including phenoxy) is 2. The van der Waals surface area contributed by atoms with Gasteiger partial charge in [-0.25, -0.2) is 4.79 Å². The van der Waals surface area contributed by atoms with Crippen LogP contribution < -0.4 is 10.1 Å². The molecule has 0 aliphatic rings. The summed E-state index contributed by atoms with van der Waals surface area (Å²) >= 11 is 4.24. The minimum atomic E-state index is -0.521. The van der Waals surface area contributed by atoms with Crippen molar-refractivity contribution >= 4 is 51.3 Å². The first-order valence-electron chi connectivity index (χ1n) is 11.4. The van der Waals surface area contributed by atoms with E-state index < -0.39 is 5.97 Å². The average molecular weight is 555 g/mol. The van der Waals surface area contributed by atoms with Crippen molar-refractivity contribution in [2.75, 3.05) is 25.3 Å². The molecule has 0 atom stereocenters. The van der Waals surface area contributed by atoms with Gasteiger partial charge in [-0.2, -0.15) is 0 Å². The van der Waals surface area contributed by atoms with Gasteiger partial charge in [-0.15, -0.1) is 39.4 Å². The molecule has 0 fully saturated rings. The maximum Gasteiger partial charge on any atom is 0.341 e. The number of hydrogen-bond acceptors (Lipinski definition) is 9. The Morgan fingerprint density at radius 1 is 1.14 bits per heavy atom. The number of nitrogens with one attached hydrogen (secondary N) is 1. The molecule has 0 bridgehead atoms. The molecule has 1 N–H and O–H groups in total. The van der Waals surface area contributed by atoms with Gasteiger partial charge in [0.05, 0.1) is 20.0 Å². The first-order chi connectivity index (χ1) is 18.0. The first kappa shape index (κ1) is 26.6. The fourth-order valence-corrected chi connectivity index (χ4v) is 6.15. The predicted octanol–water partition coefficient (Wildman–Crippen LogP) is 6.01. The number of carbonyl (C=O) groups excluding carboxylic acids is 2. The number of hydrogen-bond donors (Lipinski definition) is 1. The molecule has 4 aromatic rings. The van der Waals surface area contributed by atoms with Gasteiger partial charge in [0.1, 0.15) is 16.3 Å². The van der Waals surface area contributed by atoms with Crippen LogP contribution >= 0.6 is 34.4 Å². The lowest BCUT2D eigenvalue weighted by molar-refractivity contribution is -0.113. The fourth-order valence-electron chi connectivity index (χ4n) is 3.62. The lowest BCUT2D eigenvalue weighted by Crippen LogP contribution is -2.16. The second-order valence-corrected chi connectivity index (χ2v) is 10.6. The Morgan fingerprint density at radius 3 is 2.57 bits per heavy atom. The molecule has 0 aliphatic carbocycles. The molecule has 0 spiro atoms. The molecule has 0 aliphatic heterocycles. The predicted molar refractivity (Wildman–Crippen MR) is 150 cm³/mol. The number of nitrogens with zero attached hydrogens (tertiary/aromatic N) is 3. The second-order valence-electron chi connectivity index (χ2n) is 7.77. The zero-order chi connectivity index (χ0) is 26.4. The van der Waals surface area contributed by atoms with Crippen molar-refractivity contribution in [1.82, 2.24) is 14.8 Å². The normalized spacial score (nSPS) is 10.8. The van der Waals surface area contributed by atoms with Crippen LogP contribution in [0, 0.1) is 0 Å². The minimum absolute atomic E-state index is 0.0928. The number of thioether (sulfide) groups is 1. The summed E-state index contributed by atoms with van der Waals surface area (Å²) in [5, 5.41) is 16.5. The molecule has 11 heteroatoms. The lowest BCUT2D eigenvalue weighted by Gasteiger charge is -2.09. The standard InChI is InChI=1S/C26H26N4O4S3/c1-5-11-30-23(17-12-19(6-2)35-13-17)28-29-26(30)37-15-21(31)27-24-22(25(32)34-4)20(14-36-24)16-7-9-18(33-3)10-8-16/h5,7-10,12-14H,1,6,11,15H2,2-4H3,(H,27,31). The van der Waals surface area contributed by atoms with Crippen LogP contribution in [-0.4, -0.2) is 46.6 Å². The highest BCUT2D eigenvalue weighted by atomic mass is 32.2. The van der Waals surface area contributed by atoms with E-state index in [-0.39, 0.29) is 11.7 Å². The monoisotopic (exact) mass is 554 g/mol. The summed E-state index contributed by atoms with van der Waals surface area (Å²) in [6.45, 7) is 6.48. The maximum absolute atomic E-state index is 12.9.